The van der Waals surface area contributed by atoms with Gasteiger partial charge in [0.05, 0.1) is 18.1 Å². The third kappa shape index (κ3) is 4.18. The molecule has 0 aromatic rings. The summed E-state index contributed by atoms with van der Waals surface area (Å²) in [5.74, 6) is -0.563. The van der Waals surface area contributed by atoms with Gasteiger partial charge in [-0.2, -0.15) is 0 Å². The molecule has 0 bridgehead atoms. The maximum Gasteiger partial charge on any atom is 0.312 e. The zero-order valence-corrected chi connectivity index (χ0v) is 12.8. The predicted octanol–water partition coefficient (Wildman–Crippen LogP) is 2.06. The highest BCUT2D eigenvalue weighted by Crippen LogP contribution is 2.35. The number of rotatable bonds is 5. The molecule has 1 saturated heterocycles. The van der Waals surface area contributed by atoms with Crippen LogP contribution in [0.25, 0.3) is 0 Å². The van der Waals surface area contributed by atoms with Crippen LogP contribution in [0.3, 0.4) is 0 Å². The van der Waals surface area contributed by atoms with Gasteiger partial charge in [0.1, 0.15) is 0 Å². The Labute approximate surface area is 117 Å². The number of esters is 1. The Morgan fingerprint density at radius 1 is 1.32 bits per heavy atom. The highest BCUT2D eigenvalue weighted by molar-refractivity contribution is 5.74. The average Bonchev–Trinajstić information content (AvgIpc) is 2.51. The largest absolute Gasteiger partial charge is 0.466 e. The van der Waals surface area contributed by atoms with Crippen molar-refractivity contribution in [1.82, 2.24) is 4.90 Å². The zero-order valence-electron chi connectivity index (χ0n) is 12.8. The Bertz CT molecular complexity index is 293. The van der Waals surface area contributed by atoms with Crippen LogP contribution in [-0.4, -0.2) is 47.8 Å². The van der Waals surface area contributed by atoms with Crippen LogP contribution in [0.2, 0.25) is 0 Å². The summed E-state index contributed by atoms with van der Waals surface area (Å²) in [4.78, 5) is 14.5. The first-order valence-corrected chi connectivity index (χ1v) is 7.56. The molecule has 4 nitrogen and oxygen atoms in total. The summed E-state index contributed by atoms with van der Waals surface area (Å²) in [5, 5.41) is 11.0. The number of carbonyl (C=O) groups excluding carboxylic acids is 1. The van der Waals surface area contributed by atoms with Crippen LogP contribution in [0.1, 0.15) is 47.0 Å². The van der Waals surface area contributed by atoms with Crippen LogP contribution in [0.5, 0.6) is 0 Å². The standard InChI is InChI=1S/C15H29NO3/c1-5-16-10-7-8-15(18,9-11-16)13(12(3)4)14(17)19-6-2/h12-13,18H,5-11H2,1-4H3. The van der Waals surface area contributed by atoms with Crippen molar-refractivity contribution in [3.63, 3.8) is 0 Å². The Hall–Kier alpha value is -0.610. The first kappa shape index (κ1) is 16.4. The molecule has 1 aliphatic rings. The van der Waals surface area contributed by atoms with Crippen molar-refractivity contribution in [1.29, 1.82) is 0 Å². The lowest BCUT2D eigenvalue weighted by Gasteiger charge is -2.36. The fraction of sp³-hybridized carbons (Fsp3) is 0.933. The molecule has 0 radical (unpaired) electrons. The molecule has 1 rings (SSSR count). The molecule has 0 aromatic carbocycles. The van der Waals surface area contributed by atoms with Crippen LogP contribution in [0.4, 0.5) is 0 Å². The number of likely N-dealkylation sites (tertiary alicyclic amines) is 1. The van der Waals surface area contributed by atoms with E-state index in [1.807, 2.05) is 20.8 Å². The van der Waals surface area contributed by atoms with Crippen molar-refractivity contribution in [2.75, 3.05) is 26.2 Å². The molecular formula is C15H29NO3. The van der Waals surface area contributed by atoms with Crippen molar-refractivity contribution in [3.05, 3.63) is 0 Å². The number of carbonyl (C=O) groups is 1. The Balaban J connectivity index is 2.84. The molecule has 1 heterocycles. The zero-order chi connectivity index (χ0) is 14.5. The van der Waals surface area contributed by atoms with E-state index in [0.717, 1.165) is 26.1 Å². The molecular weight excluding hydrogens is 242 g/mol. The molecule has 0 aliphatic carbocycles. The first-order chi connectivity index (χ1) is 8.94. The summed E-state index contributed by atoms with van der Waals surface area (Å²) < 4.78 is 5.17. The molecule has 2 unspecified atom stereocenters. The minimum Gasteiger partial charge on any atom is -0.466 e. The minimum absolute atomic E-state index is 0.0947. The van der Waals surface area contributed by atoms with Crippen LogP contribution in [-0.2, 0) is 9.53 Å². The van der Waals surface area contributed by atoms with Gasteiger partial charge in [0.2, 0.25) is 0 Å². The normalized spacial score (nSPS) is 27.1. The van der Waals surface area contributed by atoms with E-state index in [2.05, 4.69) is 11.8 Å². The summed E-state index contributed by atoms with van der Waals surface area (Å²) in [7, 11) is 0. The lowest BCUT2D eigenvalue weighted by Crippen LogP contribution is -2.46. The molecule has 1 N–H and O–H groups in total. The van der Waals surface area contributed by atoms with E-state index >= 15 is 0 Å². The van der Waals surface area contributed by atoms with Gasteiger partial charge in [0, 0.05) is 6.54 Å². The van der Waals surface area contributed by atoms with Gasteiger partial charge in [-0.05, 0) is 45.2 Å². The lowest BCUT2D eigenvalue weighted by atomic mass is 9.75. The van der Waals surface area contributed by atoms with Gasteiger partial charge in [0.25, 0.3) is 0 Å². The maximum atomic E-state index is 12.2. The molecule has 112 valence electrons. The van der Waals surface area contributed by atoms with E-state index in [4.69, 9.17) is 4.74 Å². The molecule has 0 saturated carbocycles. The lowest BCUT2D eigenvalue weighted by molar-refractivity contribution is -0.163. The van der Waals surface area contributed by atoms with Crippen molar-refractivity contribution in [3.8, 4) is 0 Å². The minimum atomic E-state index is -0.912. The van der Waals surface area contributed by atoms with Gasteiger partial charge in [-0.1, -0.05) is 20.8 Å². The molecule has 0 spiro atoms. The second-order valence-electron chi connectivity index (χ2n) is 5.87. The van der Waals surface area contributed by atoms with Crippen LogP contribution < -0.4 is 0 Å². The highest BCUT2D eigenvalue weighted by Gasteiger charge is 2.44. The number of hydrogen-bond acceptors (Lipinski definition) is 4. The van der Waals surface area contributed by atoms with Gasteiger partial charge in [0.15, 0.2) is 0 Å². The monoisotopic (exact) mass is 271 g/mol. The summed E-state index contributed by atoms with van der Waals surface area (Å²) in [6.45, 7) is 11.2. The molecule has 2 atom stereocenters. The summed E-state index contributed by atoms with van der Waals surface area (Å²) in [6.07, 6.45) is 2.28. The summed E-state index contributed by atoms with van der Waals surface area (Å²) >= 11 is 0. The van der Waals surface area contributed by atoms with Gasteiger partial charge in [-0.3, -0.25) is 4.79 Å². The number of hydrogen-bond donors (Lipinski definition) is 1. The topological polar surface area (TPSA) is 49.8 Å². The van der Waals surface area contributed by atoms with Gasteiger partial charge < -0.3 is 14.7 Å². The third-order valence-corrected chi connectivity index (χ3v) is 4.18. The molecule has 1 aliphatic heterocycles. The number of ether oxygens (including phenoxy) is 1. The number of nitrogens with zero attached hydrogens (tertiary/aromatic N) is 1. The van der Waals surface area contributed by atoms with Crippen LogP contribution in [0, 0.1) is 11.8 Å². The molecule has 19 heavy (non-hydrogen) atoms. The first-order valence-electron chi connectivity index (χ1n) is 7.56. The van der Waals surface area contributed by atoms with Gasteiger partial charge in [-0.25, -0.2) is 0 Å². The van der Waals surface area contributed by atoms with Crippen molar-refractivity contribution < 1.29 is 14.6 Å². The fourth-order valence-corrected chi connectivity index (χ4v) is 3.17. The second kappa shape index (κ2) is 7.25. The second-order valence-corrected chi connectivity index (χ2v) is 5.87. The van der Waals surface area contributed by atoms with Crippen molar-refractivity contribution in [2.45, 2.75) is 52.6 Å². The average molecular weight is 271 g/mol. The van der Waals surface area contributed by atoms with Gasteiger partial charge >= 0.3 is 5.97 Å². The summed E-state index contributed by atoms with van der Waals surface area (Å²) in [6, 6.07) is 0. The van der Waals surface area contributed by atoms with E-state index in [-0.39, 0.29) is 11.9 Å². The van der Waals surface area contributed by atoms with E-state index in [9.17, 15) is 9.90 Å². The SMILES string of the molecule is CCOC(=O)C(C(C)C)C1(O)CCCN(CC)CC1. The van der Waals surface area contributed by atoms with E-state index < -0.39 is 11.5 Å². The quantitative estimate of drug-likeness (QED) is 0.778. The fourth-order valence-electron chi connectivity index (χ4n) is 3.17. The van der Waals surface area contributed by atoms with Gasteiger partial charge in [-0.15, -0.1) is 0 Å². The Morgan fingerprint density at radius 3 is 2.53 bits per heavy atom. The maximum absolute atomic E-state index is 12.2. The number of aliphatic hydroxyl groups is 1. The van der Waals surface area contributed by atoms with Crippen molar-refractivity contribution in [2.24, 2.45) is 11.8 Å². The van der Waals surface area contributed by atoms with E-state index in [1.165, 1.54) is 0 Å². The molecule has 0 aromatic heterocycles. The van der Waals surface area contributed by atoms with E-state index in [1.54, 1.807) is 0 Å². The third-order valence-electron chi connectivity index (χ3n) is 4.18. The van der Waals surface area contributed by atoms with Crippen LogP contribution in [0.15, 0.2) is 0 Å². The van der Waals surface area contributed by atoms with Crippen molar-refractivity contribution >= 4 is 5.97 Å². The smallest absolute Gasteiger partial charge is 0.312 e. The van der Waals surface area contributed by atoms with E-state index in [0.29, 0.717) is 19.4 Å². The predicted molar refractivity (Wildman–Crippen MR) is 75.9 cm³/mol. The molecule has 4 heteroatoms. The Morgan fingerprint density at radius 2 is 2.00 bits per heavy atom. The van der Waals surface area contributed by atoms with Crippen LogP contribution >= 0.6 is 0 Å². The highest BCUT2D eigenvalue weighted by atomic mass is 16.5. The summed E-state index contributed by atoms with van der Waals surface area (Å²) in [5.41, 5.74) is -0.912. The molecule has 1 fully saturated rings. The molecule has 0 amide bonds. The Kier molecular flexibility index (Phi) is 6.27.